The molecule has 0 bridgehead atoms. The quantitative estimate of drug-likeness (QED) is 0.0197. The van der Waals surface area contributed by atoms with Gasteiger partial charge in [-0.25, -0.2) is 14.5 Å². The standard InChI is InChI=1S/C30H31N5O4S.C25H25N5O2S.C4H4O3.2CH4/c1-21-18-25(11-12-26(21)33-34-30-29(32-4)23(3)27(19-31)40-30)35(20-24-8-6-5-7-9-24)14-15-38-16-17-39-28(37)13-10-22(2)36;1-18-16-21(30(12-14-32-15-13-31)17-20-8-6-5-7-9-20)10-11-22(18)28-29-25-23(26-3)19(2)24(27-4)33-25;5-3-1-2-4(6)7-3;;/h5-9,11-12,18H,10,13-17,20H2,1-3H3;5-11,16,31H,12-15,17H2,1-2H3;1-2H2;2*1H4. The first-order valence-corrected chi connectivity index (χ1v) is 26.9. The maximum atomic E-state index is 11.6. The van der Waals surface area contributed by atoms with Crippen molar-refractivity contribution in [1.29, 1.82) is 5.26 Å². The molecule has 1 saturated heterocycles. The van der Waals surface area contributed by atoms with E-state index in [0.29, 0.717) is 93.2 Å². The van der Waals surface area contributed by atoms with Crippen molar-refractivity contribution in [1.82, 2.24) is 0 Å². The summed E-state index contributed by atoms with van der Waals surface area (Å²) in [5.41, 5.74) is 9.65. The summed E-state index contributed by atoms with van der Waals surface area (Å²) in [5.74, 6) is -1.24. The molecule has 19 nitrogen and oxygen atoms in total. The van der Waals surface area contributed by atoms with Crippen LogP contribution in [0.15, 0.2) is 118 Å². The number of aliphatic hydroxyl groups is 1. The van der Waals surface area contributed by atoms with Gasteiger partial charge in [-0.2, -0.15) is 25.7 Å². The number of carbonyl (C=O) groups excluding carboxylic acids is 4. The van der Waals surface area contributed by atoms with Gasteiger partial charge in [-0.15, -0.1) is 22.7 Å². The summed E-state index contributed by atoms with van der Waals surface area (Å²) in [4.78, 5) is 58.1. The van der Waals surface area contributed by atoms with Crippen molar-refractivity contribution >= 4 is 95.5 Å². The second kappa shape index (κ2) is 35.7. The number of rotatable bonds is 24. The first kappa shape index (κ1) is 67.5. The minimum atomic E-state index is -0.401. The molecule has 4 aromatic carbocycles. The summed E-state index contributed by atoms with van der Waals surface area (Å²) in [5, 5.41) is 36.9. The Kier molecular flexibility index (Phi) is 29.4. The highest BCUT2D eigenvalue weighted by molar-refractivity contribution is 7.20. The fraction of sp³-hybridized carbons (Fsp3) is 0.344. The van der Waals surface area contributed by atoms with Gasteiger partial charge >= 0.3 is 17.9 Å². The molecule has 0 aliphatic carbocycles. The first-order valence-electron chi connectivity index (χ1n) is 25.2. The van der Waals surface area contributed by atoms with Crippen LogP contribution in [0.4, 0.5) is 49.1 Å². The second-order valence-corrected chi connectivity index (χ2v) is 19.7. The predicted molar refractivity (Wildman–Crippen MR) is 321 cm³/mol. The van der Waals surface area contributed by atoms with Gasteiger partial charge in [0, 0.05) is 44.0 Å². The lowest BCUT2D eigenvalue weighted by atomic mass is 10.1. The number of carbonyl (C=O) groups is 4. The van der Waals surface area contributed by atoms with Crippen LogP contribution in [-0.2, 0) is 51.2 Å². The zero-order valence-electron chi connectivity index (χ0n) is 45.1. The van der Waals surface area contributed by atoms with E-state index < -0.39 is 17.9 Å². The van der Waals surface area contributed by atoms with Crippen molar-refractivity contribution in [3.63, 3.8) is 0 Å². The van der Waals surface area contributed by atoms with Gasteiger partial charge in [0.1, 0.15) is 28.5 Å². The number of nitrogens with zero attached hydrogens (tertiary/aromatic N) is 10. The van der Waals surface area contributed by atoms with Crippen LogP contribution in [0.2, 0.25) is 0 Å². The topological polar surface area (TPSA) is 218 Å². The van der Waals surface area contributed by atoms with Crippen LogP contribution in [0.25, 0.3) is 14.5 Å². The molecule has 0 atom stereocenters. The first-order chi connectivity index (χ1) is 38.7. The molecular weight excluding hydrogens is 1080 g/mol. The van der Waals surface area contributed by atoms with Crippen LogP contribution in [0, 0.1) is 58.7 Å². The SMILES string of the molecule is C.C.O=C1CCC(=O)O1.[C-]#[N+]c1c(N=Nc2ccc(N(CCOCCOC(=O)CCC(C)=O)Cc3ccccc3)cc2C)sc(C#N)c1C.[C-]#[N+]c1sc(N=Nc2ccc(N(CCOCCO)Cc3ccccc3)cc2C)c([N+]#[C-])c1C. The number of ketones is 1. The van der Waals surface area contributed by atoms with Crippen molar-refractivity contribution in [2.45, 2.75) is 88.2 Å². The molecule has 3 heterocycles. The minimum Gasteiger partial charge on any atom is -0.463 e. The van der Waals surface area contributed by atoms with E-state index in [4.69, 9.17) is 39.0 Å². The average molecular weight is 1150 g/mol. The molecule has 1 fully saturated rings. The molecule has 82 heavy (non-hydrogen) atoms. The smallest absolute Gasteiger partial charge is 0.314 e. The molecule has 1 aliphatic heterocycles. The molecule has 0 radical (unpaired) electrons. The summed E-state index contributed by atoms with van der Waals surface area (Å²) < 4.78 is 20.4. The lowest BCUT2D eigenvalue weighted by molar-refractivity contribution is -0.152. The minimum absolute atomic E-state index is 0. The van der Waals surface area contributed by atoms with Gasteiger partial charge < -0.3 is 38.6 Å². The van der Waals surface area contributed by atoms with Crippen molar-refractivity contribution in [2.75, 3.05) is 62.5 Å². The lowest BCUT2D eigenvalue weighted by Crippen LogP contribution is -2.27. The monoisotopic (exact) mass is 1150 g/mol. The Balaban J connectivity index is 0.000000380. The molecule has 0 unspecified atom stereocenters. The number of esters is 3. The van der Waals surface area contributed by atoms with Crippen LogP contribution >= 0.6 is 22.7 Å². The number of aryl methyl sites for hydroxylation is 2. The number of aliphatic hydroxyl groups excluding tert-OH is 1. The molecule has 2 aromatic heterocycles. The molecule has 428 valence electrons. The number of ether oxygens (including phenoxy) is 4. The second-order valence-electron chi connectivity index (χ2n) is 17.7. The van der Waals surface area contributed by atoms with Crippen molar-refractivity contribution < 1.29 is 43.2 Å². The van der Waals surface area contributed by atoms with Gasteiger partial charge in [0.15, 0.2) is 0 Å². The van der Waals surface area contributed by atoms with E-state index in [0.717, 1.165) is 34.6 Å². The van der Waals surface area contributed by atoms with E-state index in [1.807, 2.05) is 80.6 Å². The maximum Gasteiger partial charge on any atom is 0.314 e. The largest absolute Gasteiger partial charge is 0.463 e. The maximum absolute atomic E-state index is 11.6. The van der Waals surface area contributed by atoms with Gasteiger partial charge in [0.2, 0.25) is 16.4 Å². The molecule has 0 spiro atoms. The molecule has 21 heteroatoms. The van der Waals surface area contributed by atoms with Crippen molar-refractivity contribution in [3.05, 3.63) is 170 Å². The van der Waals surface area contributed by atoms with E-state index in [-0.39, 0.29) is 66.1 Å². The normalized spacial score (nSPS) is 11.3. The number of azo groups is 2. The molecule has 1 N–H and O–H groups in total. The van der Waals surface area contributed by atoms with Crippen LogP contribution in [0.3, 0.4) is 0 Å². The summed E-state index contributed by atoms with van der Waals surface area (Å²) in [6.45, 7) is 35.3. The number of nitriles is 1. The number of hydrogen-bond acceptors (Lipinski definition) is 18. The van der Waals surface area contributed by atoms with Gasteiger partial charge in [-0.3, -0.25) is 14.4 Å². The van der Waals surface area contributed by atoms with Gasteiger partial charge in [0.05, 0.1) is 88.3 Å². The fourth-order valence-electron chi connectivity index (χ4n) is 7.50. The molecule has 0 amide bonds. The number of benzene rings is 4. The zero-order chi connectivity index (χ0) is 57.8. The van der Waals surface area contributed by atoms with E-state index in [1.54, 1.807) is 13.8 Å². The van der Waals surface area contributed by atoms with Crippen LogP contribution in [0.5, 0.6) is 0 Å². The summed E-state index contributed by atoms with van der Waals surface area (Å²) in [7, 11) is 0. The van der Waals surface area contributed by atoms with Crippen molar-refractivity contribution in [2.24, 2.45) is 20.5 Å². The number of cyclic esters (lactones) is 2. The highest BCUT2D eigenvalue weighted by Gasteiger charge is 2.20. The Morgan fingerprint density at radius 3 is 1.57 bits per heavy atom. The van der Waals surface area contributed by atoms with Crippen molar-refractivity contribution in [3.8, 4) is 6.07 Å². The third kappa shape index (κ3) is 21.3. The predicted octanol–water partition coefficient (Wildman–Crippen LogP) is 15.2. The highest BCUT2D eigenvalue weighted by Crippen LogP contribution is 2.47. The highest BCUT2D eigenvalue weighted by atomic mass is 32.1. The van der Waals surface area contributed by atoms with Crippen LogP contribution in [0.1, 0.15) is 85.7 Å². The molecule has 7 rings (SSSR count). The Morgan fingerprint density at radius 2 is 1.15 bits per heavy atom. The van der Waals surface area contributed by atoms with Crippen LogP contribution < -0.4 is 9.80 Å². The van der Waals surface area contributed by atoms with Gasteiger partial charge in [0.25, 0.3) is 0 Å². The van der Waals surface area contributed by atoms with Crippen LogP contribution in [-0.4, -0.2) is 81.5 Å². The third-order valence-corrected chi connectivity index (χ3v) is 13.9. The summed E-state index contributed by atoms with van der Waals surface area (Å²) in [6.07, 6.45) is 0.799. The number of hydrogen-bond donors (Lipinski definition) is 1. The van der Waals surface area contributed by atoms with E-state index in [2.05, 4.69) is 85.9 Å². The fourth-order valence-corrected chi connectivity index (χ4v) is 9.22. The molecular formula is C61H68N10O9S2. The van der Waals surface area contributed by atoms with E-state index in [1.165, 1.54) is 35.2 Å². The number of Topliss-reactive ketones (excluding diaryl/α,β-unsaturated/α-hetero) is 1. The van der Waals surface area contributed by atoms with E-state index in [9.17, 15) is 24.4 Å². The lowest BCUT2D eigenvalue weighted by Gasteiger charge is -2.25. The number of thiophene rings is 2. The van der Waals surface area contributed by atoms with Gasteiger partial charge in [-0.05, 0) is 97.5 Å². The Hall–Kier alpha value is -8.80. The summed E-state index contributed by atoms with van der Waals surface area (Å²) >= 11 is 2.36. The Labute approximate surface area is 488 Å². The Bertz CT molecular complexity index is 3300. The molecule has 6 aromatic rings. The third-order valence-electron chi connectivity index (χ3n) is 11.8. The number of anilines is 2. The zero-order valence-corrected chi connectivity index (χ0v) is 46.8. The Morgan fingerprint density at radius 1 is 0.659 bits per heavy atom. The molecule has 0 saturated carbocycles. The average Bonchev–Trinajstić information content (AvgIpc) is 4.17. The summed E-state index contributed by atoms with van der Waals surface area (Å²) in [6, 6.07) is 34.3. The van der Waals surface area contributed by atoms with Gasteiger partial charge in [-0.1, -0.05) is 82.4 Å². The van der Waals surface area contributed by atoms with E-state index >= 15 is 0 Å². The molecule has 1 aliphatic rings.